The van der Waals surface area contributed by atoms with Gasteiger partial charge in [0.25, 0.3) is 0 Å². The second kappa shape index (κ2) is 8.21. The van der Waals surface area contributed by atoms with Gasteiger partial charge in [-0.15, -0.1) is 0 Å². The number of halogens is 1. The summed E-state index contributed by atoms with van der Waals surface area (Å²) in [5.41, 5.74) is 7.75. The molecule has 1 aliphatic heterocycles. The van der Waals surface area contributed by atoms with E-state index in [-0.39, 0.29) is 0 Å². The summed E-state index contributed by atoms with van der Waals surface area (Å²) in [6.07, 6.45) is 0. The molecular weight excluding hydrogens is 352 g/mol. The molecule has 2 aromatic rings. The molecule has 2 amide bonds. The van der Waals surface area contributed by atoms with Gasteiger partial charge in [-0.25, -0.2) is 0 Å². The first-order chi connectivity index (χ1) is 12.5. The van der Waals surface area contributed by atoms with Gasteiger partial charge in [-0.3, -0.25) is 14.5 Å². The van der Waals surface area contributed by atoms with Crippen LogP contribution < -0.4 is 11.1 Å². The third-order valence-corrected chi connectivity index (χ3v) is 4.69. The van der Waals surface area contributed by atoms with Crippen LogP contribution in [0.5, 0.6) is 0 Å². The molecule has 6 nitrogen and oxygen atoms in total. The van der Waals surface area contributed by atoms with Crippen LogP contribution in [-0.2, 0) is 16.1 Å². The average molecular weight is 373 g/mol. The number of carbonyl (C=O) groups excluding carboxylic acids is 2. The van der Waals surface area contributed by atoms with Crippen molar-refractivity contribution in [1.29, 1.82) is 0 Å². The van der Waals surface area contributed by atoms with Crippen molar-refractivity contribution >= 4 is 34.8 Å². The Morgan fingerprint density at radius 2 is 1.73 bits per heavy atom. The van der Waals surface area contributed by atoms with Crippen LogP contribution in [0.2, 0.25) is 5.02 Å². The highest BCUT2D eigenvalue weighted by Gasteiger charge is 2.26. The first-order valence-corrected chi connectivity index (χ1v) is 8.82. The summed E-state index contributed by atoms with van der Waals surface area (Å²) in [4.78, 5) is 28.4. The molecule has 3 N–H and O–H groups in total. The molecule has 0 aliphatic carbocycles. The fraction of sp³-hybridized carbons (Fsp3) is 0.263. The number of nitrogen functional groups attached to an aromatic ring is 1. The zero-order valence-electron chi connectivity index (χ0n) is 14.3. The van der Waals surface area contributed by atoms with Gasteiger partial charge in [-0.05, 0) is 23.8 Å². The van der Waals surface area contributed by atoms with E-state index >= 15 is 0 Å². The van der Waals surface area contributed by atoms with E-state index in [1.165, 1.54) is 11.6 Å². The third-order valence-electron chi connectivity index (χ3n) is 4.36. The molecule has 1 aliphatic rings. The minimum Gasteiger partial charge on any atom is -0.398 e. The van der Waals surface area contributed by atoms with Gasteiger partial charge >= 0.3 is 11.8 Å². The molecule has 2 aromatic carbocycles. The maximum Gasteiger partial charge on any atom is 0.313 e. The van der Waals surface area contributed by atoms with E-state index < -0.39 is 11.8 Å². The number of hydrogen-bond donors (Lipinski definition) is 2. The molecule has 1 fully saturated rings. The highest BCUT2D eigenvalue weighted by molar-refractivity contribution is 6.40. The molecular formula is C19H21ClN4O2. The fourth-order valence-corrected chi connectivity index (χ4v) is 3.06. The highest BCUT2D eigenvalue weighted by atomic mass is 35.5. The number of hydrogen-bond acceptors (Lipinski definition) is 4. The Morgan fingerprint density at radius 1 is 1.04 bits per heavy atom. The van der Waals surface area contributed by atoms with E-state index in [0.717, 1.165) is 19.6 Å². The van der Waals surface area contributed by atoms with Gasteiger partial charge in [-0.1, -0.05) is 41.9 Å². The van der Waals surface area contributed by atoms with Crippen molar-refractivity contribution in [1.82, 2.24) is 9.80 Å². The van der Waals surface area contributed by atoms with Gasteiger partial charge in [0.05, 0.1) is 10.7 Å². The molecule has 1 saturated heterocycles. The van der Waals surface area contributed by atoms with E-state index in [1.54, 1.807) is 17.0 Å². The maximum absolute atomic E-state index is 12.4. The number of piperazine rings is 1. The average Bonchev–Trinajstić information content (AvgIpc) is 2.65. The Labute approximate surface area is 157 Å². The van der Waals surface area contributed by atoms with Crippen molar-refractivity contribution in [3.8, 4) is 0 Å². The molecule has 26 heavy (non-hydrogen) atoms. The predicted octanol–water partition coefficient (Wildman–Crippen LogP) is 2.21. The molecule has 0 aromatic heterocycles. The van der Waals surface area contributed by atoms with Crippen LogP contribution in [0.3, 0.4) is 0 Å². The molecule has 0 radical (unpaired) electrons. The van der Waals surface area contributed by atoms with Crippen molar-refractivity contribution in [2.75, 3.05) is 37.2 Å². The van der Waals surface area contributed by atoms with Crippen molar-refractivity contribution in [3.63, 3.8) is 0 Å². The summed E-state index contributed by atoms with van der Waals surface area (Å²) in [5, 5.41) is 2.91. The van der Waals surface area contributed by atoms with Crippen LogP contribution in [0.15, 0.2) is 48.5 Å². The Morgan fingerprint density at radius 3 is 2.38 bits per heavy atom. The molecule has 7 heteroatoms. The van der Waals surface area contributed by atoms with Gasteiger partial charge in [0.2, 0.25) is 0 Å². The first kappa shape index (κ1) is 18.2. The van der Waals surface area contributed by atoms with Gasteiger partial charge in [0, 0.05) is 38.4 Å². The largest absolute Gasteiger partial charge is 0.398 e. The number of amides is 2. The molecule has 0 spiro atoms. The number of nitrogens with one attached hydrogen (secondary N) is 1. The summed E-state index contributed by atoms with van der Waals surface area (Å²) in [6.45, 7) is 3.38. The van der Waals surface area contributed by atoms with Crippen LogP contribution in [-0.4, -0.2) is 47.8 Å². The topological polar surface area (TPSA) is 78.7 Å². The lowest BCUT2D eigenvalue weighted by Gasteiger charge is -2.34. The Balaban J connectivity index is 1.51. The van der Waals surface area contributed by atoms with Crippen molar-refractivity contribution in [2.24, 2.45) is 0 Å². The highest BCUT2D eigenvalue weighted by Crippen LogP contribution is 2.22. The van der Waals surface area contributed by atoms with Crippen LogP contribution in [0.1, 0.15) is 5.56 Å². The third kappa shape index (κ3) is 4.53. The van der Waals surface area contributed by atoms with Gasteiger partial charge in [-0.2, -0.15) is 0 Å². The van der Waals surface area contributed by atoms with Crippen LogP contribution >= 0.6 is 11.6 Å². The van der Waals surface area contributed by atoms with Crippen molar-refractivity contribution < 1.29 is 9.59 Å². The number of benzene rings is 2. The minimum atomic E-state index is -0.664. The van der Waals surface area contributed by atoms with Gasteiger partial charge < -0.3 is 16.0 Å². The monoisotopic (exact) mass is 372 g/mol. The quantitative estimate of drug-likeness (QED) is 0.639. The van der Waals surface area contributed by atoms with E-state index in [9.17, 15) is 9.59 Å². The summed E-state index contributed by atoms with van der Waals surface area (Å²) in [7, 11) is 0. The lowest BCUT2D eigenvalue weighted by atomic mass is 10.2. The Bertz CT molecular complexity index is 789. The zero-order valence-corrected chi connectivity index (χ0v) is 15.1. The van der Waals surface area contributed by atoms with E-state index in [0.29, 0.717) is 29.5 Å². The molecule has 0 bridgehead atoms. The second-order valence-corrected chi connectivity index (χ2v) is 6.65. The number of rotatable bonds is 3. The first-order valence-electron chi connectivity index (χ1n) is 8.44. The summed E-state index contributed by atoms with van der Waals surface area (Å²) >= 11 is 5.93. The number of carbonyl (C=O) groups is 2. The fourth-order valence-electron chi connectivity index (χ4n) is 2.88. The molecule has 136 valence electrons. The Kier molecular flexibility index (Phi) is 5.75. The molecule has 0 saturated carbocycles. The number of nitrogens with zero attached hydrogens (tertiary/aromatic N) is 2. The summed E-state index contributed by atoms with van der Waals surface area (Å²) in [6, 6.07) is 14.9. The lowest BCUT2D eigenvalue weighted by Crippen LogP contribution is -2.51. The summed E-state index contributed by atoms with van der Waals surface area (Å²) in [5.74, 6) is -1.19. The van der Waals surface area contributed by atoms with Gasteiger partial charge in [0.15, 0.2) is 0 Å². The number of anilines is 2. The maximum atomic E-state index is 12.4. The summed E-state index contributed by atoms with van der Waals surface area (Å²) < 4.78 is 0. The predicted molar refractivity (Wildman–Crippen MR) is 103 cm³/mol. The standard InChI is InChI=1S/C19H21ClN4O2/c20-16-12-15(6-7-17(16)21)22-18(25)19(26)24-10-8-23(9-11-24)13-14-4-2-1-3-5-14/h1-7,12H,8-11,13,21H2,(H,22,25). The second-order valence-electron chi connectivity index (χ2n) is 6.24. The van der Waals surface area contributed by atoms with Crippen LogP contribution in [0.25, 0.3) is 0 Å². The SMILES string of the molecule is Nc1ccc(NC(=O)C(=O)N2CCN(Cc3ccccc3)CC2)cc1Cl. The van der Waals surface area contributed by atoms with E-state index in [4.69, 9.17) is 17.3 Å². The number of nitrogens with two attached hydrogens (primary N) is 1. The zero-order chi connectivity index (χ0) is 18.5. The van der Waals surface area contributed by atoms with E-state index in [1.807, 2.05) is 18.2 Å². The van der Waals surface area contributed by atoms with Crippen molar-refractivity contribution in [2.45, 2.75) is 6.54 Å². The normalized spacial score (nSPS) is 14.9. The van der Waals surface area contributed by atoms with Crippen molar-refractivity contribution in [3.05, 3.63) is 59.1 Å². The Hall–Kier alpha value is -2.57. The molecule has 1 heterocycles. The molecule has 0 atom stereocenters. The lowest BCUT2D eigenvalue weighted by molar-refractivity contribution is -0.144. The molecule has 3 rings (SSSR count). The van der Waals surface area contributed by atoms with Crippen LogP contribution in [0, 0.1) is 0 Å². The smallest absolute Gasteiger partial charge is 0.313 e. The molecule has 0 unspecified atom stereocenters. The van der Waals surface area contributed by atoms with E-state index in [2.05, 4.69) is 22.3 Å². The van der Waals surface area contributed by atoms with Gasteiger partial charge in [0.1, 0.15) is 0 Å². The minimum absolute atomic E-state index is 0.338. The van der Waals surface area contributed by atoms with Crippen LogP contribution in [0.4, 0.5) is 11.4 Å².